The topological polar surface area (TPSA) is 34.1 Å². The number of allylic oxidation sites excluding steroid dienone is 4. The van der Waals surface area contributed by atoms with Crippen LogP contribution in [0.15, 0.2) is 47.6 Å². The van der Waals surface area contributed by atoms with E-state index in [-0.39, 0.29) is 17.0 Å². The van der Waals surface area contributed by atoms with Gasteiger partial charge in [0, 0.05) is 22.3 Å². The zero-order chi connectivity index (χ0) is 12.9. The maximum Gasteiger partial charge on any atom is 0.194 e. The van der Waals surface area contributed by atoms with Gasteiger partial charge in [0.05, 0.1) is 0 Å². The minimum atomic E-state index is -0.260. The number of fused-ring (bicyclic) bond motifs is 1. The summed E-state index contributed by atoms with van der Waals surface area (Å²) in [5.41, 5.74) is 2.07. The molecule has 90 valence electrons. The van der Waals surface area contributed by atoms with Gasteiger partial charge in [-0.15, -0.1) is 0 Å². The molecule has 0 amide bonds. The lowest BCUT2D eigenvalue weighted by Gasteiger charge is -2.33. The highest BCUT2D eigenvalue weighted by atomic mass is 16.1. The molecule has 1 aromatic carbocycles. The number of ketones is 2. The van der Waals surface area contributed by atoms with Gasteiger partial charge in [-0.3, -0.25) is 9.59 Å². The normalized spacial score (nSPS) is 20.8. The molecule has 0 saturated heterocycles. The third-order valence-electron chi connectivity index (χ3n) is 3.75. The molecule has 0 aliphatic heterocycles. The van der Waals surface area contributed by atoms with E-state index in [1.54, 1.807) is 30.3 Å². The molecule has 2 heteroatoms. The number of Topliss-reactive ketones (excluding diaryl/α,β-unsaturated/α-hetero) is 2. The Morgan fingerprint density at radius 2 is 1.61 bits per heavy atom. The molecular formula is C16H14O2. The van der Waals surface area contributed by atoms with E-state index in [1.165, 1.54) is 0 Å². The van der Waals surface area contributed by atoms with Gasteiger partial charge in [0.25, 0.3) is 0 Å². The van der Waals surface area contributed by atoms with E-state index in [1.807, 2.05) is 19.9 Å². The van der Waals surface area contributed by atoms with Gasteiger partial charge in [0.15, 0.2) is 11.6 Å². The van der Waals surface area contributed by atoms with Crippen LogP contribution in [0.2, 0.25) is 0 Å². The van der Waals surface area contributed by atoms with Gasteiger partial charge in [0.2, 0.25) is 0 Å². The zero-order valence-electron chi connectivity index (χ0n) is 10.5. The summed E-state index contributed by atoms with van der Waals surface area (Å²) in [7, 11) is 0. The minimum absolute atomic E-state index is 0.00884. The Morgan fingerprint density at radius 3 is 2.28 bits per heavy atom. The lowest BCUT2D eigenvalue weighted by Crippen LogP contribution is -2.31. The fraction of sp³-hybridized carbons (Fsp3) is 0.250. The van der Waals surface area contributed by atoms with Crippen molar-refractivity contribution >= 4 is 11.6 Å². The number of hydrogen-bond acceptors (Lipinski definition) is 2. The molecule has 2 aliphatic carbocycles. The van der Waals surface area contributed by atoms with Crippen molar-refractivity contribution in [2.75, 3.05) is 0 Å². The van der Waals surface area contributed by atoms with Crippen LogP contribution in [0.3, 0.4) is 0 Å². The second-order valence-corrected chi connectivity index (χ2v) is 5.48. The first-order chi connectivity index (χ1) is 8.52. The molecular weight excluding hydrogens is 224 g/mol. The molecule has 2 aliphatic rings. The third-order valence-corrected chi connectivity index (χ3v) is 3.75. The predicted octanol–water partition coefficient (Wildman–Crippen LogP) is 3.35. The van der Waals surface area contributed by atoms with Crippen LogP contribution in [-0.4, -0.2) is 11.6 Å². The van der Waals surface area contributed by atoms with Crippen LogP contribution in [-0.2, 0) is 0 Å². The van der Waals surface area contributed by atoms with Crippen molar-refractivity contribution in [1.82, 2.24) is 0 Å². The van der Waals surface area contributed by atoms with Crippen molar-refractivity contribution in [2.24, 2.45) is 5.41 Å². The van der Waals surface area contributed by atoms with Gasteiger partial charge in [-0.1, -0.05) is 50.3 Å². The van der Waals surface area contributed by atoms with E-state index in [4.69, 9.17) is 0 Å². The van der Waals surface area contributed by atoms with Crippen molar-refractivity contribution in [3.8, 4) is 0 Å². The van der Waals surface area contributed by atoms with Crippen LogP contribution in [0.4, 0.5) is 0 Å². The van der Waals surface area contributed by atoms with Crippen LogP contribution < -0.4 is 0 Å². The summed E-state index contributed by atoms with van der Waals surface area (Å²) in [6.45, 7) is 4.04. The lowest BCUT2D eigenvalue weighted by molar-refractivity contribution is 0.0955. The van der Waals surface area contributed by atoms with Crippen molar-refractivity contribution < 1.29 is 9.59 Å². The molecule has 0 N–H and O–H groups in total. The van der Waals surface area contributed by atoms with Crippen molar-refractivity contribution in [3.63, 3.8) is 0 Å². The summed E-state index contributed by atoms with van der Waals surface area (Å²) in [5.74, 6) is -0.0150. The highest BCUT2D eigenvalue weighted by molar-refractivity contribution is 6.28. The van der Waals surface area contributed by atoms with Crippen LogP contribution in [0, 0.1) is 5.41 Å². The van der Waals surface area contributed by atoms with E-state index in [2.05, 4.69) is 0 Å². The van der Waals surface area contributed by atoms with Crippen molar-refractivity contribution in [2.45, 2.75) is 20.3 Å². The molecule has 0 fully saturated rings. The third kappa shape index (κ3) is 1.35. The van der Waals surface area contributed by atoms with Crippen LogP contribution >= 0.6 is 0 Å². The Hall–Kier alpha value is -1.96. The molecule has 18 heavy (non-hydrogen) atoms. The maximum absolute atomic E-state index is 12.6. The van der Waals surface area contributed by atoms with Crippen molar-refractivity contribution in [1.29, 1.82) is 0 Å². The molecule has 3 rings (SSSR count). The lowest BCUT2D eigenvalue weighted by atomic mass is 9.68. The summed E-state index contributed by atoms with van der Waals surface area (Å²) in [6, 6.07) is 7.08. The Morgan fingerprint density at radius 1 is 1.00 bits per heavy atom. The molecule has 2 nitrogen and oxygen atoms in total. The van der Waals surface area contributed by atoms with Gasteiger partial charge in [-0.25, -0.2) is 0 Å². The van der Waals surface area contributed by atoms with Crippen LogP contribution in [0.5, 0.6) is 0 Å². The number of rotatable bonds is 0. The summed E-state index contributed by atoms with van der Waals surface area (Å²) in [4.78, 5) is 25.0. The molecule has 0 radical (unpaired) electrons. The summed E-state index contributed by atoms with van der Waals surface area (Å²) in [6.07, 6.45) is 4.59. The van der Waals surface area contributed by atoms with E-state index >= 15 is 0 Å². The van der Waals surface area contributed by atoms with E-state index in [9.17, 15) is 9.59 Å². The standard InChI is InChI=1S/C16H14O2/c1-16(2)9-5-8-12-13(16)15(18)11-7-4-3-6-10(11)14(12)17/h3-8H,9H2,1-2H3. The van der Waals surface area contributed by atoms with Crippen molar-refractivity contribution in [3.05, 3.63) is 58.7 Å². The molecule has 1 aromatic rings. The number of carbonyl (C=O) groups is 2. The summed E-state index contributed by atoms with van der Waals surface area (Å²) < 4.78 is 0. The number of carbonyl (C=O) groups excluding carboxylic acids is 2. The minimum Gasteiger partial charge on any atom is -0.289 e. The van der Waals surface area contributed by atoms with Gasteiger partial charge in [-0.05, 0) is 11.8 Å². The van der Waals surface area contributed by atoms with Gasteiger partial charge in [-0.2, -0.15) is 0 Å². The number of benzene rings is 1. The monoisotopic (exact) mass is 238 g/mol. The first-order valence-corrected chi connectivity index (χ1v) is 6.12. The molecule has 0 unspecified atom stereocenters. The second kappa shape index (κ2) is 3.52. The average molecular weight is 238 g/mol. The average Bonchev–Trinajstić information content (AvgIpc) is 2.35. The Balaban J connectivity index is 2.30. The van der Waals surface area contributed by atoms with E-state index < -0.39 is 0 Å². The first-order valence-electron chi connectivity index (χ1n) is 6.12. The largest absolute Gasteiger partial charge is 0.289 e. The fourth-order valence-electron chi connectivity index (χ4n) is 2.80. The maximum atomic E-state index is 12.6. The Labute approximate surface area is 106 Å². The molecule has 0 saturated carbocycles. The highest BCUT2D eigenvalue weighted by Gasteiger charge is 2.39. The van der Waals surface area contributed by atoms with Gasteiger partial charge in [0.1, 0.15) is 0 Å². The Kier molecular flexibility index (Phi) is 2.18. The fourth-order valence-corrected chi connectivity index (χ4v) is 2.80. The predicted molar refractivity (Wildman–Crippen MR) is 69.7 cm³/mol. The molecule has 0 spiro atoms. The second-order valence-electron chi connectivity index (χ2n) is 5.48. The zero-order valence-corrected chi connectivity index (χ0v) is 10.5. The molecule has 0 aromatic heterocycles. The Bertz CT molecular complexity index is 630. The SMILES string of the molecule is CC1(C)CC=CC2=C1C(=O)c1ccccc1C2=O. The van der Waals surface area contributed by atoms with Crippen LogP contribution in [0.1, 0.15) is 41.0 Å². The van der Waals surface area contributed by atoms with E-state index in [0.717, 1.165) is 6.42 Å². The molecule has 0 atom stereocenters. The quantitative estimate of drug-likeness (QED) is 0.694. The van der Waals surface area contributed by atoms with Crippen LogP contribution in [0.25, 0.3) is 0 Å². The molecule has 0 bridgehead atoms. The van der Waals surface area contributed by atoms with Gasteiger partial charge >= 0.3 is 0 Å². The first kappa shape index (κ1) is 11.1. The summed E-state index contributed by atoms with van der Waals surface area (Å²) >= 11 is 0. The smallest absolute Gasteiger partial charge is 0.194 e. The number of hydrogen-bond donors (Lipinski definition) is 0. The summed E-state index contributed by atoms with van der Waals surface area (Å²) in [5, 5.41) is 0. The molecule has 0 heterocycles. The van der Waals surface area contributed by atoms with Gasteiger partial charge < -0.3 is 0 Å². The van der Waals surface area contributed by atoms with E-state index in [0.29, 0.717) is 22.3 Å². The highest BCUT2D eigenvalue weighted by Crippen LogP contribution is 2.42.